The van der Waals surface area contributed by atoms with Crippen molar-refractivity contribution in [2.24, 2.45) is 16.6 Å². The summed E-state index contributed by atoms with van der Waals surface area (Å²) in [6.45, 7) is 0. The van der Waals surface area contributed by atoms with Crippen molar-refractivity contribution in [2.75, 3.05) is 11.1 Å². The Balaban J connectivity index is 0.00000196. The fourth-order valence-electron chi connectivity index (χ4n) is 3.76. The predicted octanol–water partition coefficient (Wildman–Crippen LogP) is 3.42. The molecule has 1 aromatic heterocycles. The van der Waals surface area contributed by atoms with Crippen LogP contribution < -0.4 is 11.1 Å². The van der Waals surface area contributed by atoms with Gasteiger partial charge in [0.1, 0.15) is 0 Å². The maximum absolute atomic E-state index is 12.3. The molecule has 1 aromatic carbocycles. The summed E-state index contributed by atoms with van der Waals surface area (Å²) in [4.78, 5) is 25.1. The fraction of sp³-hybridized carbons (Fsp3) is 0.368. The number of fused-ring (bicyclic) bond motifs is 1. The zero-order valence-electron chi connectivity index (χ0n) is 13.7. The van der Waals surface area contributed by atoms with Gasteiger partial charge in [-0.3, -0.25) is 9.79 Å². The number of carbonyl (C=O) groups is 1. The number of amides is 1. The SMILES string of the molecule is C.NC1=N[C@@]2(c3cccc(NC(=O)c4ncccn4)c3)CCC[C@H]2CS1. The number of aromatic nitrogens is 2. The van der Waals surface area contributed by atoms with E-state index in [1.165, 1.54) is 0 Å². The minimum atomic E-state index is -0.319. The van der Waals surface area contributed by atoms with E-state index in [4.69, 9.17) is 10.7 Å². The molecular formula is C19H23N5OS. The number of anilines is 1. The van der Waals surface area contributed by atoms with E-state index in [1.807, 2.05) is 18.2 Å². The molecule has 1 amide bonds. The summed E-state index contributed by atoms with van der Waals surface area (Å²) in [5, 5.41) is 3.53. The van der Waals surface area contributed by atoms with Crippen LogP contribution in [0.2, 0.25) is 0 Å². The van der Waals surface area contributed by atoms with Gasteiger partial charge in [-0.1, -0.05) is 37.7 Å². The van der Waals surface area contributed by atoms with Crippen LogP contribution in [0.4, 0.5) is 5.69 Å². The number of amidine groups is 1. The van der Waals surface area contributed by atoms with Crippen LogP contribution in [0, 0.1) is 5.92 Å². The number of thioether (sulfide) groups is 1. The number of hydrogen-bond donors (Lipinski definition) is 2. The molecule has 26 heavy (non-hydrogen) atoms. The fourth-order valence-corrected chi connectivity index (χ4v) is 4.80. The van der Waals surface area contributed by atoms with Crippen molar-refractivity contribution in [3.8, 4) is 0 Å². The molecule has 4 rings (SSSR count). The van der Waals surface area contributed by atoms with Gasteiger partial charge in [-0.2, -0.15) is 0 Å². The second kappa shape index (κ2) is 7.45. The lowest BCUT2D eigenvalue weighted by Crippen LogP contribution is -2.36. The average Bonchev–Trinajstić information content (AvgIpc) is 3.07. The van der Waals surface area contributed by atoms with Gasteiger partial charge in [-0.15, -0.1) is 0 Å². The zero-order chi connectivity index (χ0) is 17.3. The molecule has 3 N–H and O–H groups in total. The smallest absolute Gasteiger partial charge is 0.293 e. The maximum Gasteiger partial charge on any atom is 0.293 e. The number of rotatable bonds is 3. The van der Waals surface area contributed by atoms with Gasteiger partial charge in [0, 0.05) is 23.8 Å². The van der Waals surface area contributed by atoms with Gasteiger partial charge in [-0.05, 0) is 42.5 Å². The van der Waals surface area contributed by atoms with Gasteiger partial charge in [-0.25, -0.2) is 9.97 Å². The molecule has 2 heterocycles. The monoisotopic (exact) mass is 369 g/mol. The molecule has 1 aliphatic heterocycles. The molecular weight excluding hydrogens is 346 g/mol. The molecule has 0 radical (unpaired) electrons. The topological polar surface area (TPSA) is 93.3 Å². The molecule has 1 aliphatic carbocycles. The Morgan fingerprint density at radius 2 is 2.08 bits per heavy atom. The highest BCUT2D eigenvalue weighted by Crippen LogP contribution is 2.50. The first-order chi connectivity index (χ1) is 12.2. The summed E-state index contributed by atoms with van der Waals surface area (Å²) in [6.07, 6.45) is 6.42. The highest BCUT2D eigenvalue weighted by molar-refractivity contribution is 8.13. The lowest BCUT2D eigenvalue weighted by Gasteiger charge is -2.36. The van der Waals surface area contributed by atoms with Crippen molar-refractivity contribution in [2.45, 2.75) is 32.2 Å². The van der Waals surface area contributed by atoms with Crippen LogP contribution in [-0.4, -0.2) is 26.8 Å². The number of hydrogen-bond acceptors (Lipinski definition) is 6. The average molecular weight is 369 g/mol. The zero-order valence-corrected chi connectivity index (χ0v) is 14.5. The van der Waals surface area contributed by atoms with Crippen LogP contribution >= 0.6 is 11.8 Å². The highest BCUT2D eigenvalue weighted by Gasteiger charge is 2.46. The van der Waals surface area contributed by atoms with E-state index in [0.717, 1.165) is 36.3 Å². The van der Waals surface area contributed by atoms with Crippen molar-refractivity contribution < 1.29 is 4.79 Å². The van der Waals surface area contributed by atoms with E-state index < -0.39 is 0 Å². The molecule has 1 fully saturated rings. The summed E-state index contributed by atoms with van der Waals surface area (Å²) < 4.78 is 0. The third-order valence-corrected chi connectivity index (χ3v) is 5.87. The molecule has 0 spiro atoms. The van der Waals surface area contributed by atoms with Crippen molar-refractivity contribution >= 4 is 28.5 Å². The number of nitrogens with two attached hydrogens (primary N) is 1. The van der Waals surface area contributed by atoms with Gasteiger partial charge in [0.15, 0.2) is 5.17 Å². The third kappa shape index (κ3) is 3.31. The summed E-state index contributed by atoms with van der Waals surface area (Å²) >= 11 is 1.64. The van der Waals surface area contributed by atoms with Crippen LogP contribution in [0.25, 0.3) is 0 Å². The van der Waals surface area contributed by atoms with E-state index in [9.17, 15) is 4.79 Å². The second-order valence-corrected chi connectivity index (χ2v) is 7.42. The first-order valence-electron chi connectivity index (χ1n) is 8.34. The molecule has 6 nitrogen and oxygen atoms in total. The van der Waals surface area contributed by atoms with Crippen LogP contribution in [-0.2, 0) is 5.54 Å². The molecule has 0 bridgehead atoms. The Labute approximate surface area is 157 Å². The first kappa shape index (κ1) is 18.4. The van der Waals surface area contributed by atoms with Crippen LogP contribution in [0.3, 0.4) is 0 Å². The standard InChI is InChI=1S/C18H19N5OS.CH4/c19-17-23-18(7-2-5-13(18)11-25-17)12-4-1-6-14(10-12)22-16(24)15-20-8-3-9-21-15;/h1,3-4,6,8-10,13H,2,5,7,11H2,(H2,19,23)(H,22,24);1H4/t13-,18+;/m0./s1. The molecule has 2 aromatic rings. The summed E-state index contributed by atoms with van der Waals surface area (Å²) in [7, 11) is 0. The summed E-state index contributed by atoms with van der Waals surface area (Å²) in [5.74, 6) is 1.33. The van der Waals surface area contributed by atoms with Crippen LogP contribution in [0.15, 0.2) is 47.7 Å². The molecule has 2 aliphatic rings. The number of carbonyl (C=O) groups excluding carboxylic acids is 1. The van der Waals surface area contributed by atoms with Crippen LogP contribution in [0.1, 0.15) is 42.9 Å². The highest BCUT2D eigenvalue weighted by atomic mass is 32.2. The van der Waals surface area contributed by atoms with Gasteiger partial charge in [0.2, 0.25) is 5.82 Å². The minimum absolute atomic E-state index is 0. The Morgan fingerprint density at radius 1 is 1.27 bits per heavy atom. The van der Waals surface area contributed by atoms with E-state index in [-0.39, 0.29) is 24.7 Å². The van der Waals surface area contributed by atoms with E-state index >= 15 is 0 Å². The number of nitrogens with zero attached hydrogens (tertiary/aromatic N) is 3. The number of aliphatic imine (C=N–C) groups is 1. The second-order valence-electron chi connectivity index (χ2n) is 6.38. The van der Waals surface area contributed by atoms with Crippen molar-refractivity contribution in [1.82, 2.24) is 9.97 Å². The van der Waals surface area contributed by atoms with Crippen molar-refractivity contribution in [1.29, 1.82) is 0 Å². The lowest BCUT2D eigenvalue weighted by molar-refractivity contribution is 0.101. The normalized spacial score (nSPS) is 24.2. The first-order valence-corrected chi connectivity index (χ1v) is 9.33. The molecule has 0 saturated heterocycles. The molecule has 2 atom stereocenters. The summed E-state index contributed by atoms with van der Waals surface area (Å²) in [6, 6.07) is 9.59. The molecule has 7 heteroatoms. The Morgan fingerprint density at radius 3 is 2.88 bits per heavy atom. The van der Waals surface area contributed by atoms with Gasteiger partial charge >= 0.3 is 0 Å². The molecule has 1 saturated carbocycles. The van der Waals surface area contributed by atoms with Crippen LogP contribution in [0.5, 0.6) is 0 Å². The number of benzene rings is 1. The lowest BCUT2D eigenvalue weighted by atomic mass is 9.81. The van der Waals surface area contributed by atoms with Crippen molar-refractivity contribution in [3.63, 3.8) is 0 Å². The Kier molecular flexibility index (Phi) is 5.27. The molecule has 136 valence electrons. The minimum Gasteiger partial charge on any atom is -0.379 e. The largest absolute Gasteiger partial charge is 0.379 e. The van der Waals surface area contributed by atoms with E-state index in [0.29, 0.717) is 11.1 Å². The predicted molar refractivity (Wildman–Crippen MR) is 106 cm³/mol. The summed E-state index contributed by atoms with van der Waals surface area (Å²) in [5.41, 5.74) is 7.62. The van der Waals surface area contributed by atoms with Gasteiger partial charge in [0.05, 0.1) is 5.54 Å². The quantitative estimate of drug-likeness (QED) is 0.865. The van der Waals surface area contributed by atoms with E-state index in [1.54, 1.807) is 30.2 Å². The third-order valence-electron chi connectivity index (χ3n) is 4.92. The molecule has 0 unspecified atom stereocenters. The maximum atomic E-state index is 12.3. The van der Waals surface area contributed by atoms with Crippen molar-refractivity contribution in [3.05, 3.63) is 54.1 Å². The van der Waals surface area contributed by atoms with E-state index in [2.05, 4.69) is 21.4 Å². The number of nitrogens with one attached hydrogen (secondary N) is 1. The Bertz CT molecular complexity index is 826. The van der Waals surface area contributed by atoms with Gasteiger partial charge in [0.25, 0.3) is 5.91 Å². The van der Waals surface area contributed by atoms with Gasteiger partial charge < -0.3 is 11.1 Å². The Hall–Kier alpha value is -2.41.